The Morgan fingerprint density at radius 1 is 1.05 bits per heavy atom. The van der Waals surface area contributed by atoms with Gasteiger partial charge >= 0.3 is 6.03 Å². The summed E-state index contributed by atoms with van der Waals surface area (Å²) in [6.07, 6.45) is 5.18. The Morgan fingerprint density at radius 3 is 2.36 bits per heavy atom. The number of hydrogen-bond acceptors (Lipinski definition) is 6. The number of nitrogens with one attached hydrogen (secondary N) is 1. The highest BCUT2D eigenvalue weighted by molar-refractivity contribution is 7.90. The van der Waals surface area contributed by atoms with E-state index in [1.54, 1.807) is 28.1 Å². The predicted molar refractivity (Wildman–Crippen MR) is 168 cm³/mol. The zero-order chi connectivity index (χ0) is 30.5. The summed E-state index contributed by atoms with van der Waals surface area (Å²) in [4.78, 5) is 30.6. The standard InChI is InChI=1S/C30H48N4O6SSi/c1-23-7-12-33(13-8-23)30(37)31-27(29(36)32-14-10-26(11-15-32)40-18-17-35)22-24-5-6-28-25(21-24)9-16-34(28)41(38,39)19-20-42(2,3)4/h5-6,9,16,21,23,26-27,35H,7-8,10-15,17-20,22H2,1-4H3,(H,31,37). The van der Waals surface area contributed by atoms with E-state index in [0.29, 0.717) is 62.9 Å². The monoisotopic (exact) mass is 620 g/mol. The van der Waals surface area contributed by atoms with E-state index in [1.165, 1.54) is 3.97 Å². The number of carbonyl (C=O) groups excluding carboxylic acids is 2. The van der Waals surface area contributed by atoms with Crippen LogP contribution in [0.4, 0.5) is 4.79 Å². The number of amides is 3. The van der Waals surface area contributed by atoms with Gasteiger partial charge in [-0.15, -0.1) is 0 Å². The lowest BCUT2D eigenvalue weighted by atomic mass is 9.99. The zero-order valence-corrected chi connectivity index (χ0v) is 27.4. The molecule has 234 valence electrons. The number of likely N-dealkylation sites (tertiary alicyclic amines) is 2. The molecule has 1 unspecified atom stereocenters. The minimum Gasteiger partial charge on any atom is -0.394 e. The highest BCUT2D eigenvalue weighted by Crippen LogP contribution is 2.23. The number of aromatic nitrogens is 1. The van der Waals surface area contributed by atoms with Crippen molar-refractivity contribution in [3.05, 3.63) is 36.0 Å². The van der Waals surface area contributed by atoms with Crippen LogP contribution in [0.25, 0.3) is 10.9 Å². The van der Waals surface area contributed by atoms with Crippen LogP contribution in [0.1, 0.15) is 38.2 Å². The molecule has 1 atom stereocenters. The van der Waals surface area contributed by atoms with Crippen molar-refractivity contribution in [3.63, 3.8) is 0 Å². The summed E-state index contributed by atoms with van der Waals surface area (Å²) < 4.78 is 33.3. The van der Waals surface area contributed by atoms with Crippen LogP contribution in [0.3, 0.4) is 0 Å². The van der Waals surface area contributed by atoms with E-state index in [1.807, 2.05) is 12.1 Å². The van der Waals surface area contributed by atoms with Gasteiger partial charge in [0, 0.05) is 52.3 Å². The van der Waals surface area contributed by atoms with Gasteiger partial charge in [0.15, 0.2) is 0 Å². The first kappa shape index (κ1) is 32.5. The Kier molecular flexibility index (Phi) is 10.8. The van der Waals surface area contributed by atoms with Crippen molar-refractivity contribution in [2.75, 3.05) is 45.1 Å². The summed E-state index contributed by atoms with van der Waals surface area (Å²) in [5.41, 5.74) is 1.47. The van der Waals surface area contributed by atoms with E-state index < -0.39 is 24.1 Å². The summed E-state index contributed by atoms with van der Waals surface area (Å²) in [5, 5.41) is 12.9. The van der Waals surface area contributed by atoms with E-state index in [0.717, 1.165) is 23.8 Å². The van der Waals surface area contributed by atoms with Crippen molar-refractivity contribution in [2.45, 2.75) is 76.9 Å². The van der Waals surface area contributed by atoms with Gasteiger partial charge < -0.3 is 25.0 Å². The summed E-state index contributed by atoms with van der Waals surface area (Å²) in [5.74, 6) is 0.577. The molecule has 3 heterocycles. The smallest absolute Gasteiger partial charge is 0.318 e. The average molecular weight is 621 g/mol. The maximum Gasteiger partial charge on any atom is 0.318 e. The first-order valence-electron chi connectivity index (χ1n) is 15.3. The van der Waals surface area contributed by atoms with Crippen molar-refractivity contribution in [1.29, 1.82) is 0 Å². The van der Waals surface area contributed by atoms with Gasteiger partial charge in [-0.05, 0) is 61.4 Å². The molecule has 0 radical (unpaired) electrons. The Labute approximate surface area is 251 Å². The Bertz CT molecular complexity index is 1330. The van der Waals surface area contributed by atoms with Gasteiger partial charge in [0.1, 0.15) is 6.04 Å². The molecule has 0 saturated carbocycles. The molecule has 0 bridgehead atoms. The molecule has 2 N–H and O–H groups in total. The highest BCUT2D eigenvalue weighted by Gasteiger charge is 2.32. The highest BCUT2D eigenvalue weighted by atomic mass is 32.2. The molecule has 10 nitrogen and oxygen atoms in total. The maximum absolute atomic E-state index is 13.8. The first-order valence-corrected chi connectivity index (χ1v) is 20.6. The van der Waals surface area contributed by atoms with Crippen LogP contribution in [-0.2, 0) is 26.0 Å². The van der Waals surface area contributed by atoms with Gasteiger partial charge in [-0.25, -0.2) is 17.2 Å². The van der Waals surface area contributed by atoms with Gasteiger partial charge in [0.2, 0.25) is 15.9 Å². The van der Waals surface area contributed by atoms with Crippen molar-refractivity contribution in [2.24, 2.45) is 5.92 Å². The number of aliphatic hydroxyl groups is 1. The lowest BCUT2D eigenvalue weighted by molar-refractivity contribution is -0.136. The molecule has 0 spiro atoms. The number of benzene rings is 1. The number of piperidine rings is 2. The molecular weight excluding hydrogens is 573 g/mol. The van der Waals surface area contributed by atoms with Crippen LogP contribution in [0, 0.1) is 5.92 Å². The number of carbonyl (C=O) groups is 2. The molecule has 0 aliphatic carbocycles. The van der Waals surface area contributed by atoms with Crippen LogP contribution in [0.2, 0.25) is 25.7 Å². The third kappa shape index (κ3) is 8.58. The first-order chi connectivity index (χ1) is 19.9. The summed E-state index contributed by atoms with van der Waals surface area (Å²) in [6.45, 7) is 11.3. The van der Waals surface area contributed by atoms with Crippen molar-refractivity contribution in [1.82, 2.24) is 19.1 Å². The van der Waals surface area contributed by atoms with E-state index in [-0.39, 0.29) is 37.0 Å². The largest absolute Gasteiger partial charge is 0.394 e. The third-order valence-electron chi connectivity index (χ3n) is 8.43. The zero-order valence-electron chi connectivity index (χ0n) is 25.5. The number of fused-ring (bicyclic) bond motifs is 1. The summed E-state index contributed by atoms with van der Waals surface area (Å²) in [7, 11) is -5.00. The molecule has 42 heavy (non-hydrogen) atoms. The Balaban J connectivity index is 1.51. The minimum atomic E-state index is -3.48. The average Bonchev–Trinajstić information content (AvgIpc) is 3.39. The SMILES string of the molecule is CC1CCN(C(=O)NC(Cc2ccc3c(ccn3S(=O)(=O)CC[Si](C)(C)C)c2)C(=O)N2CCC(OCCO)CC2)CC1. The van der Waals surface area contributed by atoms with Crippen molar-refractivity contribution >= 4 is 40.9 Å². The number of ether oxygens (including phenoxy) is 1. The molecule has 2 aliphatic heterocycles. The molecule has 4 rings (SSSR count). The fourth-order valence-electron chi connectivity index (χ4n) is 5.64. The number of aliphatic hydroxyl groups excluding tert-OH is 1. The van der Waals surface area contributed by atoms with Gasteiger partial charge in [-0.1, -0.05) is 32.6 Å². The minimum absolute atomic E-state index is 0.0121. The summed E-state index contributed by atoms with van der Waals surface area (Å²) >= 11 is 0. The second kappa shape index (κ2) is 13.9. The molecule has 2 fully saturated rings. The summed E-state index contributed by atoms with van der Waals surface area (Å²) in [6, 6.07) is 7.11. The van der Waals surface area contributed by atoms with Crippen LogP contribution < -0.4 is 5.32 Å². The van der Waals surface area contributed by atoms with Gasteiger partial charge in [-0.3, -0.25) is 4.79 Å². The predicted octanol–water partition coefficient (Wildman–Crippen LogP) is 3.51. The van der Waals surface area contributed by atoms with Crippen LogP contribution in [-0.4, -0.2) is 105 Å². The molecular formula is C30H48N4O6SSi. The van der Waals surface area contributed by atoms with E-state index in [2.05, 4.69) is 31.9 Å². The lowest BCUT2D eigenvalue weighted by Crippen LogP contribution is -2.55. The molecule has 3 amide bonds. The van der Waals surface area contributed by atoms with Crippen LogP contribution >= 0.6 is 0 Å². The van der Waals surface area contributed by atoms with Crippen molar-refractivity contribution in [3.8, 4) is 0 Å². The van der Waals surface area contributed by atoms with Gasteiger partial charge in [0.05, 0.1) is 30.6 Å². The third-order valence-corrected chi connectivity index (χ3v) is 12.2. The lowest BCUT2D eigenvalue weighted by Gasteiger charge is -2.36. The molecule has 2 aromatic rings. The maximum atomic E-state index is 13.8. The van der Waals surface area contributed by atoms with E-state index >= 15 is 0 Å². The number of urea groups is 1. The normalized spacial score (nSPS) is 18.4. The quantitative estimate of drug-likeness (QED) is 0.371. The number of hydrogen-bond donors (Lipinski definition) is 2. The molecule has 12 heteroatoms. The van der Waals surface area contributed by atoms with Crippen LogP contribution in [0.5, 0.6) is 0 Å². The van der Waals surface area contributed by atoms with E-state index in [9.17, 15) is 18.0 Å². The number of nitrogens with zero attached hydrogens (tertiary/aromatic N) is 3. The molecule has 2 aliphatic rings. The van der Waals surface area contributed by atoms with Gasteiger partial charge in [0.25, 0.3) is 0 Å². The topological polar surface area (TPSA) is 121 Å². The van der Waals surface area contributed by atoms with E-state index in [4.69, 9.17) is 9.84 Å². The molecule has 1 aromatic heterocycles. The fourth-order valence-corrected chi connectivity index (χ4v) is 10.0. The van der Waals surface area contributed by atoms with Crippen molar-refractivity contribution < 1.29 is 27.9 Å². The Hall–Kier alpha value is -2.41. The molecule has 2 saturated heterocycles. The second-order valence-corrected chi connectivity index (χ2v) is 20.7. The van der Waals surface area contributed by atoms with Gasteiger partial charge in [-0.2, -0.15) is 0 Å². The van der Waals surface area contributed by atoms with Crippen LogP contribution in [0.15, 0.2) is 30.5 Å². The molecule has 1 aromatic carbocycles. The number of rotatable bonds is 11. The second-order valence-electron chi connectivity index (χ2n) is 13.1. The Morgan fingerprint density at radius 2 is 1.71 bits per heavy atom. The fraction of sp³-hybridized carbons (Fsp3) is 0.667.